The summed E-state index contributed by atoms with van der Waals surface area (Å²) in [5.41, 5.74) is 3.94. The third-order valence-corrected chi connectivity index (χ3v) is 5.54. The van der Waals surface area contributed by atoms with Crippen molar-refractivity contribution < 1.29 is 4.74 Å². The van der Waals surface area contributed by atoms with Gasteiger partial charge in [0, 0.05) is 0 Å². The normalized spacial score (nSPS) is 15.4. The maximum absolute atomic E-state index is 5.59. The SMILES string of the molecule is CCOc1ccc(-c2ccc(CCC3CC[CH]CC3)cc2)cc1Br. The summed E-state index contributed by atoms with van der Waals surface area (Å²) in [5, 5.41) is 0. The van der Waals surface area contributed by atoms with Crippen molar-refractivity contribution in [2.45, 2.75) is 45.4 Å². The lowest BCUT2D eigenvalue weighted by Crippen LogP contribution is -2.07. The Morgan fingerprint density at radius 1 is 1.00 bits per heavy atom. The van der Waals surface area contributed by atoms with E-state index in [1.165, 1.54) is 55.2 Å². The van der Waals surface area contributed by atoms with Crippen molar-refractivity contribution >= 4 is 15.9 Å². The third kappa shape index (κ3) is 4.63. The van der Waals surface area contributed by atoms with E-state index >= 15 is 0 Å². The van der Waals surface area contributed by atoms with E-state index in [2.05, 4.69) is 58.7 Å². The summed E-state index contributed by atoms with van der Waals surface area (Å²) >= 11 is 3.60. The van der Waals surface area contributed by atoms with Gasteiger partial charge in [0.1, 0.15) is 5.75 Å². The van der Waals surface area contributed by atoms with Crippen molar-refractivity contribution in [3.63, 3.8) is 0 Å². The van der Waals surface area contributed by atoms with E-state index in [4.69, 9.17) is 4.74 Å². The summed E-state index contributed by atoms with van der Waals surface area (Å²) in [6.45, 7) is 2.69. The Labute approximate surface area is 154 Å². The molecule has 2 aromatic rings. The van der Waals surface area contributed by atoms with E-state index in [9.17, 15) is 0 Å². The molecule has 0 heterocycles. The number of hydrogen-bond donors (Lipinski definition) is 0. The first kappa shape index (κ1) is 17.5. The largest absolute Gasteiger partial charge is 0.493 e. The van der Waals surface area contributed by atoms with Gasteiger partial charge >= 0.3 is 0 Å². The minimum absolute atomic E-state index is 0.686. The molecule has 24 heavy (non-hydrogen) atoms. The highest BCUT2D eigenvalue weighted by molar-refractivity contribution is 9.10. The molecule has 1 nitrogen and oxygen atoms in total. The fraction of sp³-hybridized carbons (Fsp3) is 0.409. The van der Waals surface area contributed by atoms with Crippen LogP contribution in [0.5, 0.6) is 5.75 Å². The molecular weight excluding hydrogens is 360 g/mol. The Morgan fingerprint density at radius 2 is 1.71 bits per heavy atom. The topological polar surface area (TPSA) is 9.23 Å². The first-order chi connectivity index (χ1) is 11.8. The van der Waals surface area contributed by atoms with Crippen molar-refractivity contribution in [3.8, 4) is 16.9 Å². The predicted molar refractivity (Wildman–Crippen MR) is 105 cm³/mol. The van der Waals surface area contributed by atoms with Gasteiger partial charge in [0.05, 0.1) is 11.1 Å². The summed E-state index contributed by atoms with van der Waals surface area (Å²) in [6.07, 6.45) is 10.4. The summed E-state index contributed by atoms with van der Waals surface area (Å²) in [5.74, 6) is 1.83. The average molecular weight is 386 g/mol. The Kier molecular flexibility index (Phi) is 6.37. The van der Waals surface area contributed by atoms with Crippen molar-refractivity contribution in [1.82, 2.24) is 0 Å². The fourth-order valence-corrected chi connectivity index (χ4v) is 3.97. The lowest BCUT2D eigenvalue weighted by Gasteiger charge is -2.21. The second-order valence-electron chi connectivity index (χ2n) is 6.62. The first-order valence-corrected chi connectivity index (χ1v) is 9.89. The monoisotopic (exact) mass is 385 g/mol. The molecular formula is C22H26BrO. The molecule has 0 bridgehead atoms. The smallest absolute Gasteiger partial charge is 0.133 e. The molecule has 3 rings (SSSR count). The van der Waals surface area contributed by atoms with Gasteiger partial charge in [-0.2, -0.15) is 0 Å². The van der Waals surface area contributed by atoms with Crippen molar-refractivity contribution in [2.24, 2.45) is 5.92 Å². The number of benzene rings is 2. The molecule has 1 radical (unpaired) electrons. The zero-order valence-corrected chi connectivity index (χ0v) is 16.0. The van der Waals surface area contributed by atoms with E-state index < -0.39 is 0 Å². The average Bonchev–Trinajstić information content (AvgIpc) is 2.63. The van der Waals surface area contributed by atoms with Crippen LogP contribution in [0.3, 0.4) is 0 Å². The lowest BCUT2D eigenvalue weighted by atomic mass is 9.85. The highest BCUT2D eigenvalue weighted by atomic mass is 79.9. The van der Waals surface area contributed by atoms with Crippen LogP contribution in [0.1, 0.15) is 44.6 Å². The van der Waals surface area contributed by atoms with Gasteiger partial charge in [-0.25, -0.2) is 0 Å². The Hall–Kier alpha value is -1.28. The van der Waals surface area contributed by atoms with Gasteiger partial charge in [-0.3, -0.25) is 0 Å². The molecule has 1 aliphatic rings. The highest BCUT2D eigenvalue weighted by Gasteiger charge is 2.13. The highest BCUT2D eigenvalue weighted by Crippen LogP contribution is 2.31. The summed E-state index contributed by atoms with van der Waals surface area (Å²) < 4.78 is 6.60. The summed E-state index contributed by atoms with van der Waals surface area (Å²) in [7, 11) is 0. The quantitative estimate of drug-likeness (QED) is 0.528. The number of rotatable bonds is 6. The Morgan fingerprint density at radius 3 is 2.38 bits per heavy atom. The third-order valence-electron chi connectivity index (χ3n) is 4.92. The van der Waals surface area contributed by atoms with Crippen LogP contribution in [-0.2, 0) is 6.42 Å². The first-order valence-electron chi connectivity index (χ1n) is 9.09. The molecule has 0 amide bonds. The van der Waals surface area contributed by atoms with Crippen LogP contribution in [0.25, 0.3) is 11.1 Å². The Bertz CT molecular complexity index is 642. The molecule has 0 aromatic heterocycles. The van der Waals surface area contributed by atoms with Gasteiger partial charge in [0.2, 0.25) is 0 Å². The van der Waals surface area contributed by atoms with Gasteiger partial charge < -0.3 is 4.74 Å². The molecule has 0 aliphatic heterocycles. The second-order valence-corrected chi connectivity index (χ2v) is 7.48. The van der Waals surface area contributed by atoms with Gasteiger partial charge in [-0.15, -0.1) is 0 Å². The van der Waals surface area contributed by atoms with Crippen LogP contribution >= 0.6 is 15.9 Å². The minimum Gasteiger partial charge on any atom is -0.493 e. The molecule has 0 atom stereocenters. The van der Waals surface area contributed by atoms with Crippen LogP contribution in [0, 0.1) is 12.3 Å². The van der Waals surface area contributed by atoms with Crippen molar-refractivity contribution in [3.05, 3.63) is 58.9 Å². The summed E-state index contributed by atoms with van der Waals surface area (Å²) in [4.78, 5) is 0. The van der Waals surface area contributed by atoms with E-state index in [1.807, 2.05) is 13.0 Å². The molecule has 0 N–H and O–H groups in total. The minimum atomic E-state index is 0.686. The zero-order chi connectivity index (χ0) is 16.8. The Balaban J connectivity index is 1.62. The van der Waals surface area contributed by atoms with Gasteiger partial charge in [-0.1, -0.05) is 43.2 Å². The van der Waals surface area contributed by atoms with Crippen molar-refractivity contribution in [1.29, 1.82) is 0 Å². The predicted octanol–water partition coefficient (Wildman–Crippen LogP) is 6.84. The zero-order valence-electron chi connectivity index (χ0n) is 14.4. The van der Waals surface area contributed by atoms with Gasteiger partial charge in [0.25, 0.3) is 0 Å². The molecule has 1 aliphatic carbocycles. The number of ether oxygens (including phenoxy) is 1. The lowest BCUT2D eigenvalue weighted by molar-refractivity contribution is 0.338. The molecule has 1 saturated carbocycles. The second kappa shape index (κ2) is 8.71. The van der Waals surface area contributed by atoms with E-state index in [0.717, 1.165) is 16.1 Å². The molecule has 0 saturated heterocycles. The summed E-state index contributed by atoms with van der Waals surface area (Å²) in [6, 6.07) is 15.4. The number of aryl methyl sites for hydroxylation is 1. The maximum Gasteiger partial charge on any atom is 0.133 e. The molecule has 2 heteroatoms. The molecule has 1 fully saturated rings. The number of hydrogen-bond acceptors (Lipinski definition) is 1. The van der Waals surface area contributed by atoms with Crippen LogP contribution in [-0.4, -0.2) is 6.61 Å². The molecule has 0 spiro atoms. The molecule has 127 valence electrons. The van der Waals surface area contributed by atoms with Crippen LogP contribution < -0.4 is 4.74 Å². The van der Waals surface area contributed by atoms with Crippen LogP contribution in [0.2, 0.25) is 0 Å². The van der Waals surface area contributed by atoms with Gasteiger partial charge in [-0.05, 0) is 89.7 Å². The molecule has 0 unspecified atom stereocenters. The maximum atomic E-state index is 5.59. The van der Waals surface area contributed by atoms with Crippen LogP contribution in [0.4, 0.5) is 0 Å². The van der Waals surface area contributed by atoms with E-state index in [1.54, 1.807) is 0 Å². The standard InChI is InChI=1S/C22H26BrO/c1-2-24-22-15-14-20(16-21(22)23)19-12-10-18(11-13-19)9-8-17-6-4-3-5-7-17/h3,10-17H,2,4-9H2,1H3. The fourth-order valence-electron chi connectivity index (χ4n) is 3.47. The number of halogens is 1. The van der Waals surface area contributed by atoms with Gasteiger partial charge in [0.15, 0.2) is 0 Å². The van der Waals surface area contributed by atoms with Crippen molar-refractivity contribution in [2.75, 3.05) is 6.61 Å². The molecule has 2 aromatic carbocycles. The van der Waals surface area contributed by atoms with E-state index in [-0.39, 0.29) is 0 Å². The van der Waals surface area contributed by atoms with E-state index in [0.29, 0.717) is 6.61 Å². The van der Waals surface area contributed by atoms with Crippen LogP contribution in [0.15, 0.2) is 46.9 Å².